The zero-order valence-corrected chi connectivity index (χ0v) is 9.56. The van der Waals surface area contributed by atoms with E-state index in [1.54, 1.807) is 10.9 Å². The van der Waals surface area contributed by atoms with Gasteiger partial charge in [-0.05, 0) is 24.3 Å². The van der Waals surface area contributed by atoms with Gasteiger partial charge in [0.1, 0.15) is 11.6 Å². The van der Waals surface area contributed by atoms with Gasteiger partial charge in [0.25, 0.3) is 0 Å². The van der Waals surface area contributed by atoms with Crippen LogP contribution in [-0.4, -0.2) is 14.3 Å². The summed E-state index contributed by atoms with van der Waals surface area (Å²) in [6, 6.07) is 15.8. The lowest BCUT2D eigenvalue weighted by molar-refractivity contribution is 0.823. The third kappa shape index (κ3) is 1.59. The number of para-hydroxylation sites is 1. The standard InChI is InChI=1S/C14H10N4/c15-10-12-11-16-18(13-6-2-1-3-7-13)14(12)17-8-4-5-9-17/h1-9,11H. The van der Waals surface area contributed by atoms with Crippen LogP contribution in [0.15, 0.2) is 61.1 Å². The fraction of sp³-hybridized carbons (Fsp3) is 0. The fourth-order valence-corrected chi connectivity index (χ4v) is 1.90. The van der Waals surface area contributed by atoms with Gasteiger partial charge in [0.15, 0.2) is 5.82 Å². The van der Waals surface area contributed by atoms with Gasteiger partial charge in [0.2, 0.25) is 0 Å². The normalized spacial score (nSPS) is 10.2. The predicted octanol–water partition coefficient (Wildman–Crippen LogP) is 2.53. The summed E-state index contributed by atoms with van der Waals surface area (Å²) in [5.41, 5.74) is 1.48. The third-order valence-corrected chi connectivity index (χ3v) is 2.71. The quantitative estimate of drug-likeness (QED) is 0.684. The Kier molecular flexibility index (Phi) is 2.43. The highest BCUT2D eigenvalue weighted by Crippen LogP contribution is 2.18. The molecule has 4 heteroatoms. The maximum absolute atomic E-state index is 9.16. The Balaban J connectivity index is 2.24. The molecule has 0 aliphatic rings. The number of aromatic nitrogens is 3. The van der Waals surface area contributed by atoms with E-state index < -0.39 is 0 Å². The Hall–Kier alpha value is -2.80. The molecule has 3 rings (SSSR count). The van der Waals surface area contributed by atoms with E-state index in [0.717, 1.165) is 11.5 Å². The van der Waals surface area contributed by atoms with E-state index in [2.05, 4.69) is 11.2 Å². The Morgan fingerprint density at radius 2 is 1.72 bits per heavy atom. The van der Waals surface area contributed by atoms with Crippen LogP contribution >= 0.6 is 0 Å². The zero-order chi connectivity index (χ0) is 12.4. The maximum Gasteiger partial charge on any atom is 0.158 e. The SMILES string of the molecule is N#Cc1cnn(-c2ccccc2)c1-n1cccc1. The van der Waals surface area contributed by atoms with Crippen LogP contribution in [0, 0.1) is 11.3 Å². The second kappa shape index (κ2) is 4.22. The number of benzene rings is 1. The van der Waals surface area contributed by atoms with E-state index in [0.29, 0.717) is 5.56 Å². The largest absolute Gasteiger partial charge is 0.307 e. The zero-order valence-electron chi connectivity index (χ0n) is 9.56. The van der Waals surface area contributed by atoms with E-state index in [-0.39, 0.29) is 0 Å². The Morgan fingerprint density at radius 1 is 1.00 bits per heavy atom. The average molecular weight is 234 g/mol. The Bertz CT molecular complexity index is 687. The molecular formula is C14H10N4. The van der Waals surface area contributed by atoms with Gasteiger partial charge in [-0.15, -0.1) is 0 Å². The highest BCUT2D eigenvalue weighted by atomic mass is 15.3. The summed E-state index contributed by atoms with van der Waals surface area (Å²) >= 11 is 0. The first kappa shape index (κ1) is 10.4. The second-order valence-electron chi connectivity index (χ2n) is 3.83. The van der Waals surface area contributed by atoms with Crippen molar-refractivity contribution in [1.29, 1.82) is 5.26 Å². The average Bonchev–Trinajstić information content (AvgIpc) is 3.08. The van der Waals surface area contributed by atoms with E-state index in [1.165, 1.54) is 0 Å². The molecule has 0 bridgehead atoms. The molecule has 0 N–H and O–H groups in total. The Labute approximate surface area is 104 Å². The molecule has 18 heavy (non-hydrogen) atoms. The fourth-order valence-electron chi connectivity index (χ4n) is 1.90. The summed E-state index contributed by atoms with van der Waals surface area (Å²) in [5, 5.41) is 13.4. The molecule has 3 aromatic rings. The minimum atomic E-state index is 0.551. The number of hydrogen-bond acceptors (Lipinski definition) is 2. The molecule has 2 aromatic heterocycles. The lowest BCUT2D eigenvalue weighted by atomic mass is 10.3. The monoisotopic (exact) mass is 234 g/mol. The van der Waals surface area contributed by atoms with Gasteiger partial charge in [-0.3, -0.25) is 0 Å². The van der Waals surface area contributed by atoms with Crippen LogP contribution in [0.1, 0.15) is 5.56 Å². The molecule has 0 aliphatic heterocycles. The molecule has 2 heterocycles. The van der Waals surface area contributed by atoms with Crippen LogP contribution in [0.5, 0.6) is 0 Å². The van der Waals surface area contributed by atoms with Gasteiger partial charge in [-0.2, -0.15) is 10.4 Å². The van der Waals surface area contributed by atoms with Gasteiger partial charge < -0.3 is 4.57 Å². The van der Waals surface area contributed by atoms with E-state index >= 15 is 0 Å². The topological polar surface area (TPSA) is 46.5 Å². The minimum Gasteiger partial charge on any atom is -0.307 e. The maximum atomic E-state index is 9.16. The van der Waals surface area contributed by atoms with Gasteiger partial charge in [-0.1, -0.05) is 18.2 Å². The first-order valence-electron chi connectivity index (χ1n) is 5.57. The van der Waals surface area contributed by atoms with Crippen molar-refractivity contribution in [1.82, 2.24) is 14.3 Å². The van der Waals surface area contributed by atoms with Crippen molar-refractivity contribution in [2.45, 2.75) is 0 Å². The molecule has 0 spiro atoms. The van der Waals surface area contributed by atoms with Crippen LogP contribution < -0.4 is 0 Å². The van der Waals surface area contributed by atoms with Crippen LogP contribution in [-0.2, 0) is 0 Å². The van der Waals surface area contributed by atoms with Gasteiger partial charge >= 0.3 is 0 Å². The molecule has 0 fully saturated rings. The van der Waals surface area contributed by atoms with Gasteiger partial charge in [0, 0.05) is 12.4 Å². The molecule has 0 amide bonds. The minimum absolute atomic E-state index is 0.551. The predicted molar refractivity (Wildman–Crippen MR) is 67.6 cm³/mol. The second-order valence-corrected chi connectivity index (χ2v) is 3.83. The Morgan fingerprint density at radius 3 is 2.39 bits per heavy atom. The van der Waals surface area contributed by atoms with Crippen molar-refractivity contribution in [3.05, 3.63) is 66.6 Å². The highest BCUT2D eigenvalue weighted by molar-refractivity contribution is 5.48. The van der Waals surface area contributed by atoms with Gasteiger partial charge in [-0.25, -0.2) is 4.68 Å². The molecule has 1 aromatic carbocycles. The summed E-state index contributed by atoms with van der Waals surface area (Å²) in [6.45, 7) is 0. The van der Waals surface area contributed by atoms with Crippen LogP contribution in [0.4, 0.5) is 0 Å². The summed E-state index contributed by atoms with van der Waals surface area (Å²) in [4.78, 5) is 0. The van der Waals surface area contributed by atoms with Crippen LogP contribution in [0.3, 0.4) is 0 Å². The van der Waals surface area contributed by atoms with Crippen LogP contribution in [0.25, 0.3) is 11.5 Å². The van der Waals surface area contributed by atoms with E-state index in [1.807, 2.05) is 59.4 Å². The van der Waals surface area contributed by atoms with Crippen molar-refractivity contribution < 1.29 is 0 Å². The highest BCUT2D eigenvalue weighted by Gasteiger charge is 2.12. The van der Waals surface area contributed by atoms with Crippen molar-refractivity contribution in [3.63, 3.8) is 0 Å². The van der Waals surface area contributed by atoms with Gasteiger partial charge in [0.05, 0.1) is 11.9 Å². The van der Waals surface area contributed by atoms with Crippen molar-refractivity contribution in [2.24, 2.45) is 0 Å². The smallest absolute Gasteiger partial charge is 0.158 e. The van der Waals surface area contributed by atoms with Crippen molar-refractivity contribution >= 4 is 0 Å². The lowest BCUT2D eigenvalue weighted by Gasteiger charge is -2.08. The molecule has 0 saturated heterocycles. The number of nitrogens with zero attached hydrogens (tertiary/aromatic N) is 4. The first-order chi connectivity index (χ1) is 8.90. The van der Waals surface area contributed by atoms with Crippen LogP contribution in [0.2, 0.25) is 0 Å². The molecule has 0 unspecified atom stereocenters. The first-order valence-corrected chi connectivity index (χ1v) is 5.57. The number of nitriles is 1. The molecule has 86 valence electrons. The molecule has 0 aliphatic carbocycles. The summed E-state index contributed by atoms with van der Waals surface area (Å²) < 4.78 is 3.65. The van der Waals surface area contributed by atoms with Crippen molar-refractivity contribution in [3.8, 4) is 17.6 Å². The number of rotatable bonds is 2. The van der Waals surface area contributed by atoms with E-state index in [9.17, 15) is 0 Å². The molecule has 0 saturated carbocycles. The molecular weight excluding hydrogens is 224 g/mol. The molecule has 0 radical (unpaired) electrons. The van der Waals surface area contributed by atoms with Crippen molar-refractivity contribution in [2.75, 3.05) is 0 Å². The summed E-state index contributed by atoms with van der Waals surface area (Å²) in [6.07, 6.45) is 5.39. The summed E-state index contributed by atoms with van der Waals surface area (Å²) in [7, 11) is 0. The summed E-state index contributed by atoms with van der Waals surface area (Å²) in [5.74, 6) is 0.758. The molecule has 0 atom stereocenters. The lowest BCUT2D eigenvalue weighted by Crippen LogP contribution is -2.04. The third-order valence-electron chi connectivity index (χ3n) is 2.71. The number of hydrogen-bond donors (Lipinski definition) is 0. The molecule has 4 nitrogen and oxygen atoms in total. The van der Waals surface area contributed by atoms with E-state index in [4.69, 9.17) is 5.26 Å².